The first-order valence-corrected chi connectivity index (χ1v) is 8.30. The molecule has 0 aromatic rings. The zero-order valence-corrected chi connectivity index (χ0v) is 13.3. The summed E-state index contributed by atoms with van der Waals surface area (Å²) < 4.78 is 0. The second kappa shape index (κ2) is 12.5. The van der Waals surface area contributed by atoms with E-state index in [1.165, 1.54) is 57.8 Å². The first kappa shape index (κ1) is 18.5. The Kier molecular flexibility index (Phi) is 12.2. The summed E-state index contributed by atoms with van der Waals surface area (Å²) in [5, 5.41) is 8.76. The van der Waals surface area contributed by atoms with Crippen molar-refractivity contribution >= 4 is 5.97 Å². The molecule has 0 heterocycles. The minimum absolute atomic E-state index is 0.166. The first-order valence-electron chi connectivity index (χ1n) is 8.30. The van der Waals surface area contributed by atoms with Crippen LogP contribution < -0.4 is 0 Å². The maximum absolute atomic E-state index is 10.6. The molecule has 1 N–H and O–H groups in total. The smallest absolute Gasteiger partial charge is 0.306 e. The molecule has 0 amide bonds. The van der Waals surface area contributed by atoms with Gasteiger partial charge in [0.15, 0.2) is 0 Å². The average molecular weight is 270 g/mol. The molecule has 2 heteroatoms. The number of aliphatic carboxylic acids is 1. The Morgan fingerprint density at radius 1 is 0.842 bits per heavy atom. The monoisotopic (exact) mass is 270 g/mol. The van der Waals surface area contributed by atoms with E-state index in [2.05, 4.69) is 13.8 Å². The molecule has 0 radical (unpaired) electrons. The van der Waals surface area contributed by atoms with Gasteiger partial charge < -0.3 is 5.11 Å². The molecule has 2 unspecified atom stereocenters. The molecule has 0 aromatic heterocycles. The highest BCUT2D eigenvalue weighted by molar-refractivity contribution is 5.69. The molecule has 0 aliphatic rings. The maximum atomic E-state index is 10.6. The van der Waals surface area contributed by atoms with Crippen LogP contribution in [-0.2, 0) is 4.79 Å². The number of carboxylic acids is 1. The Balaban J connectivity index is 3.13. The van der Waals surface area contributed by atoms with Crippen molar-refractivity contribution in [2.45, 2.75) is 91.4 Å². The van der Waals surface area contributed by atoms with Crippen LogP contribution in [0.3, 0.4) is 0 Å². The van der Waals surface area contributed by atoms with Gasteiger partial charge in [0, 0.05) is 0 Å². The summed E-state index contributed by atoms with van der Waals surface area (Å²) in [6, 6.07) is 0. The van der Waals surface area contributed by atoms with Crippen LogP contribution in [0.15, 0.2) is 0 Å². The molecule has 0 bridgehead atoms. The number of carbonyl (C=O) groups is 1. The second-order valence-corrected chi connectivity index (χ2v) is 6.16. The summed E-state index contributed by atoms with van der Waals surface area (Å²) in [4.78, 5) is 10.6. The summed E-state index contributed by atoms with van der Waals surface area (Å²) >= 11 is 0. The fourth-order valence-electron chi connectivity index (χ4n) is 2.33. The lowest BCUT2D eigenvalue weighted by atomic mass is 9.99. The highest BCUT2D eigenvalue weighted by Gasteiger charge is 2.09. The zero-order valence-electron chi connectivity index (χ0n) is 13.3. The van der Waals surface area contributed by atoms with Gasteiger partial charge in [-0.2, -0.15) is 0 Å². The summed E-state index contributed by atoms with van der Waals surface area (Å²) in [5.41, 5.74) is 0. The number of rotatable bonds is 13. The van der Waals surface area contributed by atoms with Crippen LogP contribution in [0.25, 0.3) is 0 Å². The predicted octanol–water partition coefficient (Wildman–Crippen LogP) is 5.65. The van der Waals surface area contributed by atoms with E-state index in [0.717, 1.165) is 18.8 Å². The van der Waals surface area contributed by atoms with Gasteiger partial charge in [-0.15, -0.1) is 0 Å². The molecule has 0 aliphatic carbocycles. The van der Waals surface area contributed by atoms with E-state index in [1.54, 1.807) is 6.92 Å². The molecule has 0 aromatic carbocycles. The van der Waals surface area contributed by atoms with Gasteiger partial charge >= 0.3 is 5.97 Å². The molecule has 2 atom stereocenters. The van der Waals surface area contributed by atoms with Gasteiger partial charge in [0.2, 0.25) is 0 Å². The van der Waals surface area contributed by atoms with Crippen molar-refractivity contribution in [2.24, 2.45) is 11.8 Å². The largest absolute Gasteiger partial charge is 0.481 e. The van der Waals surface area contributed by atoms with Crippen molar-refractivity contribution in [3.05, 3.63) is 0 Å². The maximum Gasteiger partial charge on any atom is 0.306 e. The summed E-state index contributed by atoms with van der Waals surface area (Å²) in [6.07, 6.45) is 13.9. The fourth-order valence-corrected chi connectivity index (χ4v) is 2.33. The molecule has 0 saturated heterocycles. The molecular weight excluding hydrogens is 236 g/mol. The molecule has 0 aliphatic heterocycles. The standard InChI is InChI=1S/C17H34O2/c1-4-15(2)13-11-9-7-5-6-8-10-12-14-16(3)17(18)19/h15-16H,4-14H2,1-3H3,(H,18,19). The highest BCUT2D eigenvalue weighted by atomic mass is 16.4. The van der Waals surface area contributed by atoms with Gasteiger partial charge in [0.1, 0.15) is 0 Å². The fraction of sp³-hybridized carbons (Fsp3) is 0.941. The second-order valence-electron chi connectivity index (χ2n) is 6.16. The molecule has 114 valence electrons. The van der Waals surface area contributed by atoms with Gasteiger partial charge in [-0.25, -0.2) is 0 Å². The van der Waals surface area contributed by atoms with E-state index in [0.29, 0.717) is 0 Å². The third-order valence-corrected chi connectivity index (χ3v) is 4.20. The van der Waals surface area contributed by atoms with Gasteiger partial charge in [-0.1, -0.05) is 85.0 Å². The zero-order chi connectivity index (χ0) is 14.5. The molecule has 0 saturated carbocycles. The van der Waals surface area contributed by atoms with E-state index in [9.17, 15) is 4.79 Å². The number of hydrogen-bond donors (Lipinski definition) is 1. The lowest BCUT2D eigenvalue weighted by Gasteiger charge is -2.07. The van der Waals surface area contributed by atoms with Crippen LogP contribution in [0.5, 0.6) is 0 Å². The van der Waals surface area contributed by atoms with Crippen molar-refractivity contribution in [1.82, 2.24) is 0 Å². The predicted molar refractivity (Wildman–Crippen MR) is 82.4 cm³/mol. The van der Waals surface area contributed by atoms with Gasteiger partial charge in [-0.05, 0) is 12.3 Å². The Morgan fingerprint density at radius 3 is 1.68 bits per heavy atom. The van der Waals surface area contributed by atoms with Gasteiger partial charge in [0.25, 0.3) is 0 Å². The third-order valence-electron chi connectivity index (χ3n) is 4.20. The Hall–Kier alpha value is -0.530. The van der Waals surface area contributed by atoms with Crippen molar-refractivity contribution in [3.8, 4) is 0 Å². The van der Waals surface area contributed by atoms with Crippen molar-refractivity contribution in [1.29, 1.82) is 0 Å². The number of hydrogen-bond acceptors (Lipinski definition) is 1. The minimum Gasteiger partial charge on any atom is -0.481 e. The number of carboxylic acid groups (broad SMARTS) is 1. The molecule has 2 nitrogen and oxygen atoms in total. The molecule has 0 spiro atoms. The van der Waals surface area contributed by atoms with Gasteiger partial charge in [0.05, 0.1) is 5.92 Å². The lowest BCUT2D eigenvalue weighted by molar-refractivity contribution is -0.141. The topological polar surface area (TPSA) is 37.3 Å². The Labute approximate surface area is 120 Å². The summed E-state index contributed by atoms with van der Waals surface area (Å²) in [7, 11) is 0. The SMILES string of the molecule is CCC(C)CCCCCCCCCCC(C)C(=O)O. The summed E-state index contributed by atoms with van der Waals surface area (Å²) in [6.45, 7) is 6.42. The van der Waals surface area contributed by atoms with Crippen LogP contribution in [0, 0.1) is 11.8 Å². The van der Waals surface area contributed by atoms with Crippen LogP contribution in [0.1, 0.15) is 91.4 Å². The lowest BCUT2D eigenvalue weighted by Crippen LogP contribution is -2.08. The number of unbranched alkanes of at least 4 members (excludes halogenated alkanes) is 7. The first-order chi connectivity index (χ1) is 9.07. The molecule has 19 heavy (non-hydrogen) atoms. The Bertz CT molecular complexity index is 213. The quantitative estimate of drug-likeness (QED) is 0.439. The van der Waals surface area contributed by atoms with Crippen LogP contribution in [-0.4, -0.2) is 11.1 Å². The van der Waals surface area contributed by atoms with Crippen LogP contribution in [0.2, 0.25) is 0 Å². The van der Waals surface area contributed by atoms with E-state index in [1.807, 2.05) is 0 Å². The third kappa shape index (κ3) is 12.3. The Morgan fingerprint density at radius 2 is 1.26 bits per heavy atom. The van der Waals surface area contributed by atoms with Crippen LogP contribution >= 0.6 is 0 Å². The normalized spacial score (nSPS) is 14.3. The highest BCUT2D eigenvalue weighted by Crippen LogP contribution is 2.15. The van der Waals surface area contributed by atoms with Gasteiger partial charge in [-0.3, -0.25) is 4.79 Å². The molecule has 0 rings (SSSR count). The minimum atomic E-state index is -0.652. The van der Waals surface area contributed by atoms with Crippen LogP contribution in [0.4, 0.5) is 0 Å². The summed E-state index contributed by atoms with van der Waals surface area (Å²) in [5.74, 6) is 0.0816. The van der Waals surface area contributed by atoms with E-state index >= 15 is 0 Å². The van der Waals surface area contributed by atoms with E-state index in [-0.39, 0.29) is 5.92 Å². The van der Waals surface area contributed by atoms with E-state index < -0.39 is 5.97 Å². The average Bonchev–Trinajstić information content (AvgIpc) is 2.39. The molecule has 0 fully saturated rings. The molecular formula is C17H34O2. The van der Waals surface area contributed by atoms with Crippen molar-refractivity contribution in [2.75, 3.05) is 0 Å². The van der Waals surface area contributed by atoms with E-state index in [4.69, 9.17) is 5.11 Å². The van der Waals surface area contributed by atoms with Crippen molar-refractivity contribution in [3.63, 3.8) is 0 Å². The van der Waals surface area contributed by atoms with Crippen molar-refractivity contribution < 1.29 is 9.90 Å².